The van der Waals surface area contributed by atoms with Gasteiger partial charge in [0.05, 0.1) is 0 Å². The van der Waals surface area contributed by atoms with Crippen molar-refractivity contribution in [2.24, 2.45) is 5.92 Å². The number of hydrogen-bond acceptors (Lipinski definition) is 3. The van der Waals surface area contributed by atoms with E-state index in [0.29, 0.717) is 12.0 Å². The predicted molar refractivity (Wildman–Crippen MR) is 66.4 cm³/mol. The van der Waals surface area contributed by atoms with E-state index in [-0.39, 0.29) is 0 Å². The number of rotatable bonds is 7. The Morgan fingerprint density at radius 2 is 2.33 bits per heavy atom. The van der Waals surface area contributed by atoms with Crippen LogP contribution in [0.1, 0.15) is 31.2 Å². The lowest BCUT2D eigenvalue weighted by atomic mass is 9.97. The molecule has 0 fully saturated rings. The monoisotopic (exact) mass is 227 g/mol. The maximum absolute atomic E-state index is 5.13. The van der Waals surface area contributed by atoms with Crippen LogP contribution in [0.2, 0.25) is 0 Å². The van der Waals surface area contributed by atoms with E-state index in [1.165, 1.54) is 4.88 Å². The van der Waals surface area contributed by atoms with Gasteiger partial charge in [-0.2, -0.15) is 0 Å². The zero-order valence-corrected chi connectivity index (χ0v) is 10.6. The second kappa shape index (κ2) is 6.99. The van der Waals surface area contributed by atoms with Gasteiger partial charge in [-0.25, -0.2) is 0 Å². The first-order chi connectivity index (χ1) is 7.29. The van der Waals surface area contributed by atoms with Gasteiger partial charge in [0.15, 0.2) is 0 Å². The van der Waals surface area contributed by atoms with Gasteiger partial charge in [-0.15, -0.1) is 11.3 Å². The summed E-state index contributed by atoms with van der Waals surface area (Å²) in [6.07, 6.45) is 1.10. The van der Waals surface area contributed by atoms with E-state index in [2.05, 4.69) is 36.7 Å². The van der Waals surface area contributed by atoms with E-state index in [4.69, 9.17) is 4.74 Å². The van der Waals surface area contributed by atoms with Crippen molar-refractivity contribution >= 4 is 11.3 Å². The van der Waals surface area contributed by atoms with Crippen molar-refractivity contribution in [2.45, 2.75) is 26.3 Å². The van der Waals surface area contributed by atoms with Crippen molar-refractivity contribution < 1.29 is 4.74 Å². The summed E-state index contributed by atoms with van der Waals surface area (Å²) in [5.41, 5.74) is 0. The van der Waals surface area contributed by atoms with Crippen molar-refractivity contribution in [3.05, 3.63) is 22.4 Å². The second-order valence-corrected chi connectivity index (χ2v) is 4.79. The molecule has 1 rings (SSSR count). The first-order valence-electron chi connectivity index (χ1n) is 5.55. The first-order valence-corrected chi connectivity index (χ1v) is 6.43. The molecule has 0 aliphatic carbocycles. The third-order valence-corrected chi connectivity index (χ3v) is 3.58. The van der Waals surface area contributed by atoms with E-state index in [0.717, 1.165) is 19.6 Å². The van der Waals surface area contributed by atoms with Gasteiger partial charge in [-0.1, -0.05) is 19.9 Å². The van der Waals surface area contributed by atoms with Crippen molar-refractivity contribution in [2.75, 3.05) is 20.3 Å². The molecule has 0 bridgehead atoms. The van der Waals surface area contributed by atoms with Crippen LogP contribution in [-0.2, 0) is 4.74 Å². The Hall–Kier alpha value is -0.380. The van der Waals surface area contributed by atoms with Crippen molar-refractivity contribution in [1.29, 1.82) is 0 Å². The maximum atomic E-state index is 5.13. The zero-order valence-electron chi connectivity index (χ0n) is 9.82. The van der Waals surface area contributed by atoms with E-state index in [9.17, 15) is 0 Å². The molecule has 0 saturated carbocycles. The van der Waals surface area contributed by atoms with Crippen LogP contribution >= 0.6 is 11.3 Å². The molecule has 1 N–H and O–H groups in total. The third kappa shape index (κ3) is 3.93. The van der Waals surface area contributed by atoms with Crippen LogP contribution in [0.4, 0.5) is 0 Å². The Balaban J connectivity index is 2.57. The minimum atomic E-state index is 0.477. The molecule has 2 unspecified atom stereocenters. The molecule has 1 heterocycles. The standard InChI is InChI=1S/C12H21NOS/c1-4-13-12(10(2)7-8-14-3)11-6-5-9-15-11/h5-6,9-10,12-13H,4,7-8H2,1-3H3. The number of ether oxygens (including phenoxy) is 1. The molecule has 0 aliphatic heterocycles. The topological polar surface area (TPSA) is 21.3 Å². The Bertz CT molecular complexity index is 248. The Morgan fingerprint density at radius 3 is 2.87 bits per heavy atom. The molecular formula is C12H21NOS. The maximum Gasteiger partial charge on any atom is 0.0465 e. The summed E-state index contributed by atoms with van der Waals surface area (Å²) >= 11 is 1.83. The molecular weight excluding hydrogens is 206 g/mol. The van der Waals surface area contributed by atoms with Gasteiger partial charge in [-0.05, 0) is 30.3 Å². The highest BCUT2D eigenvalue weighted by atomic mass is 32.1. The Morgan fingerprint density at radius 1 is 1.53 bits per heavy atom. The Labute approximate surface area is 96.7 Å². The molecule has 0 spiro atoms. The average Bonchev–Trinajstić information content (AvgIpc) is 2.75. The lowest BCUT2D eigenvalue weighted by Gasteiger charge is -2.23. The fourth-order valence-corrected chi connectivity index (χ4v) is 2.67. The third-order valence-electron chi connectivity index (χ3n) is 2.62. The minimum Gasteiger partial charge on any atom is -0.385 e. The number of methoxy groups -OCH3 is 1. The lowest BCUT2D eigenvalue weighted by Crippen LogP contribution is -2.26. The second-order valence-electron chi connectivity index (χ2n) is 3.81. The fraction of sp³-hybridized carbons (Fsp3) is 0.667. The van der Waals surface area contributed by atoms with Crippen LogP contribution < -0.4 is 5.32 Å². The van der Waals surface area contributed by atoms with Crippen molar-refractivity contribution in [1.82, 2.24) is 5.32 Å². The number of nitrogens with one attached hydrogen (secondary N) is 1. The molecule has 0 amide bonds. The van der Waals surface area contributed by atoms with Crippen molar-refractivity contribution in [3.8, 4) is 0 Å². The fourth-order valence-electron chi connectivity index (χ4n) is 1.74. The lowest BCUT2D eigenvalue weighted by molar-refractivity contribution is 0.171. The predicted octanol–water partition coefficient (Wildman–Crippen LogP) is 3.07. The molecule has 0 radical (unpaired) electrons. The molecule has 1 aromatic heterocycles. The molecule has 15 heavy (non-hydrogen) atoms. The molecule has 0 aliphatic rings. The van der Waals surface area contributed by atoms with Crippen LogP contribution in [0.15, 0.2) is 17.5 Å². The van der Waals surface area contributed by atoms with Crippen LogP contribution in [0.3, 0.4) is 0 Å². The van der Waals surface area contributed by atoms with Gasteiger partial charge in [0.1, 0.15) is 0 Å². The molecule has 86 valence electrons. The van der Waals surface area contributed by atoms with Crippen LogP contribution in [0, 0.1) is 5.92 Å². The van der Waals surface area contributed by atoms with Gasteiger partial charge in [0, 0.05) is 24.6 Å². The average molecular weight is 227 g/mol. The summed E-state index contributed by atoms with van der Waals surface area (Å²) in [5.74, 6) is 0.614. The minimum absolute atomic E-state index is 0.477. The van der Waals surface area contributed by atoms with Crippen LogP contribution in [-0.4, -0.2) is 20.3 Å². The summed E-state index contributed by atoms with van der Waals surface area (Å²) < 4.78 is 5.13. The van der Waals surface area contributed by atoms with Crippen molar-refractivity contribution in [3.63, 3.8) is 0 Å². The molecule has 0 saturated heterocycles. The van der Waals surface area contributed by atoms with Gasteiger partial charge < -0.3 is 10.1 Å². The van der Waals surface area contributed by atoms with E-state index in [1.54, 1.807) is 7.11 Å². The summed E-state index contributed by atoms with van der Waals surface area (Å²) in [7, 11) is 1.76. The number of thiophene rings is 1. The number of hydrogen-bond donors (Lipinski definition) is 1. The van der Waals surface area contributed by atoms with E-state index >= 15 is 0 Å². The Kier molecular flexibility index (Phi) is 5.91. The van der Waals surface area contributed by atoms with Crippen LogP contribution in [0.25, 0.3) is 0 Å². The summed E-state index contributed by atoms with van der Waals surface area (Å²) in [6.45, 7) is 6.30. The van der Waals surface area contributed by atoms with Gasteiger partial charge in [-0.3, -0.25) is 0 Å². The highest BCUT2D eigenvalue weighted by Crippen LogP contribution is 2.27. The smallest absolute Gasteiger partial charge is 0.0465 e. The highest BCUT2D eigenvalue weighted by Gasteiger charge is 2.18. The quantitative estimate of drug-likeness (QED) is 0.773. The zero-order chi connectivity index (χ0) is 11.1. The summed E-state index contributed by atoms with van der Waals surface area (Å²) in [6, 6.07) is 4.81. The summed E-state index contributed by atoms with van der Waals surface area (Å²) in [4.78, 5) is 1.43. The first kappa shape index (κ1) is 12.7. The van der Waals surface area contributed by atoms with E-state index < -0.39 is 0 Å². The normalized spacial score (nSPS) is 15.1. The molecule has 1 aromatic rings. The van der Waals surface area contributed by atoms with Gasteiger partial charge in [0.25, 0.3) is 0 Å². The van der Waals surface area contributed by atoms with E-state index in [1.807, 2.05) is 11.3 Å². The molecule has 0 aromatic carbocycles. The van der Waals surface area contributed by atoms with Gasteiger partial charge >= 0.3 is 0 Å². The molecule has 2 atom stereocenters. The van der Waals surface area contributed by atoms with Crippen LogP contribution in [0.5, 0.6) is 0 Å². The van der Waals surface area contributed by atoms with Gasteiger partial charge in [0.2, 0.25) is 0 Å². The largest absolute Gasteiger partial charge is 0.385 e. The molecule has 2 nitrogen and oxygen atoms in total. The summed E-state index contributed by atoms with van der Waals surface area (Å²) in [5, 5.41) is 5.69. The molecule has 3 heteroatoms. The highest BCUT2D eigenvalue weighted by molar-refractivity contribution is 7.10. The SMILES string of the molecule is CCNC(c1cccs1)C(C)CCOC.